The average Bonchev–Trinajstić information content (AvgIpc) is 2.27. The molecule has 0 fully saturated rings. The molecule has 5 nitrogen and oxygen atoms in total. The van der Waals surface area contributed by atoms with Crippen LogP contribution in [-0.2, 0) is 4.79 Å². The fourth-order valence-corrected chi connectivity index (χ4v) is 1.65. The normalized spacial score (nSPS) is 12.6. The highest BCUT2D eigenvalue weighted by molar-refractivity contribution is 5.93. The van der Waals surface area contributed by atoms with Crippen molar-refractivity contribution in [3.63, 3.8) is 0 Å². The highest BCUT2D eigenvalue weighted by atomic mass is 16.4. The van der Waals surface area contributed by atoms with Gasteiger partial charge in [0.05, 0.1) is 0 Å². The Balaban J connectivity index is 2.75. The summed E-state index contributed by atoms with van der Waals surface area (Å²) < 4.78 is 0. The van der Waals surface area contributed by atoms with E-state index in [0.717, 1.165) is 5.56 Å². The van der Waals surface area contributed by atoms with Crippen LogP contribution in [0.3, 0.4) is 0 Å². The van der Waals surface area contributed by atoms with E-state index in [1.54, 1.807) is 32.9 Å². The van der Waals surface area contributed by atoms with Crippen molar-refractivity contribution in [2.24, 2.45) is 5.41 Å². The van der Waals surface area contributed by atoms with E-state index in [9.17, 15) is 9.59 Å². The summed E-state index contributed by atoms with van der Waals surface area (Å²) in [6.07, 6.45) is 0. The summed E-state index contributed by atoms with van der Waals surface area (Å²) in [4.78, 5) is 23.0. The maximum atomic E-state index is 11.8. The number of carbonyl (C=O) groups excluding carboxylic acids is 1. The Hall–Kier alpha value is -2.04. The number of carbonyl (C=O) groups is 2. The van der Waals surface area contributed by atoms with Gasteiger partial charge in [-0.05, 0) is 24.0 Å². The van der Waals surface area contributed by atoms with Crippen molar-refractivity contribution in [1.82, 2.24) is 5.32 Å². The first-order valence-electron chi connectivity index (χ1n) is 6.08. The van der Waals surface area contributed by atoms with Crippen LogP contribution < -0.4 is 10.6 Å². The lowest BCUT2D eigenvalue weighted by atomic mass is 9.87. The summed E-state index contributed by atoms with van der Waals surface area (Å²) in [6.45, 7) is 7.16. The third kappa shape index (κ3) is 4.28. The standard InChI is InChI=1S/C14H20N2O3/c1-9-7-5-6-8-10(9)15-13(19)16-11(12(17)18)14(2,3)4/h5-8,11H,1-4H3,(H,17,18)(H2,15,16,19)/t11-/m1/s1. The van der Waals surface area contributed by atoms with E-state index in [4.69, 9.17) is 5.11 Å². The number of rotatable bonds is 3. The van der Waals surface area contributed by atoms with Gasteiger partial charge < -0.3 is 15.7 Å². The third-order valence-electron chi connectivity index (χ3n) is 2.78. The number of carboxylic acids is 1. The molecule has 19 heavy (non-hydrogen) atoms. The van der Waals surface area contributed by atoms with Crippen molar-refractivity contribution in [3.8, 4) is 0 Å². The lowest BCUT2D eigenvalue weighted by Gasteiger charge is -2.27. The van der Waals surface area contributed by atoms with Gasteiger partial charge in [-0.25, -0.2) is 9.59 Å². The second-order valence-electron chi connectivity index (χ2n) is 5.55. The molecule has 104 valence electrons. The minimum Gasteiger partial charge on any atom is -0.480 e. The van der Waals surface area contributed by atoms with Crippen LogP contribution in [0.25, 0.3) is 0 Å². The van der Waals surface area contributed by atoms with Crippen LogP contribution in [0.5, 0.6) is 0 Å². The van der Waals surface area contributed by atoms with Gasteiger partial charge in [0.2, 0.25) is 0 Å². The minimum atomic E-state index is -1.05. The molecule has 0 aliphatic carbocycles. The van der Waals surface area contributed by atoms with Gasteiger partial charge in [-0.3, -0.25) is 0 Å². The number of hydrogen-bond donors (Lipinski definition) is 3. The molecule has 0 spiro atoms. The van der Waals surface area contributed by atoms with E-state index in [0.29, 0.717) is 5.69 Å². The zero-order valence-corrected chi connectivity index (χ0v) is 11.7. The Morgan fingerprint density at radius 2 is 1.79 bits per heavy atom. The van der Waals surface area contributed by atoms with Crippen molar-refractivity contribution in [2.45, 2.75) is 33.7 Å². The molecule has 1 aromatic rings. The van der Waals surface area contributed by atoms with Crippen LogP contribution in [0.1, 0.15) is 26.3 Å². The lowest BCUT2D eigenvalue weighted by molar-refractivity contribution is -0.141. The molecule has 1 atom stereocenters. The van der Waals surface area contributed by atoms with Crippen molar-refractivity contribution >= 4 is 17.7 Å². The highest BCUT2D eigenvalue weighted by Gasteiger charge is 2.32. The second-order valence-corrected chi connectivity index (χ2v) is 5.55. The Morgan fingerprint density at radius 1 is 1.21 bits per heavy atom. The molecular formula is C14H20N2O3. The Morgan fingerprint density at radius 3 is 2.26 bits per heavy atom. The molecule has 0 heterocycles. The molecule has 0 aromatic heterocycles. The Labute approximate surface area is 113 Å². The zero-order valence-electron chi connectivity index (χ0n) is 11.7. The monoisotopic (exact) mass is 264 g/mol. The predicted octanol–water partition coefficient (Wildman–Crippen LogP) is 2.62. The zero-order chi connectivity index (χ0) is 14.6. The van der Waals surface area contributed by atoms with Crippen molar-refractivity contribution in [2.75, 3.05) is 5.32 Å². The second kappa shape index (κ2) is 5.73. The molecule has 3 N–H and O–H groups in total. The van der Waals surface area contributed by atoms with Gasteiger partial charge in [0.15, 0.2) is 0 Å². The first-order chi connectivity index (χ1) is 8.71. The molecular weight excluding hydrogens is 244 g/mol. The fourth-order valence-electron chi connectivity index (χ4n) is 1.65. The average molecular weight is 264 g/mol. The van der Waals surface area contributed by atoms with Gasteiger partial charge in [-0.2, -0.15) is 0 Å². The van der Waals surface area contributed by atoms with Gasteiger partial charge in [-0.1, -0.05) is 39.0 Å². The van der Waals surface area contributed by atoms with E-state index < -0.39 is 23.5 Å². The molecule has 0 bridgehead atoms. The third-order valence-corrected chi connectivity index (χ3v) is 2.78. The number of carboxylic acid groups (broad SMARTS) is 1. The van der Waals surface area contributed by atoms with Gasteiger partial charge in [0.25, 0.3) is 0 Å². The van der Waals surface area contributed by atoms with Crippen LogP contribution in [0, 0.1) is 12.3 Å². The molecule has 2 amide bonds. The van der Waals surface area contributed by atoms with Gasteiger partial charge in [0, 0.05) is 5.69 Å². The number of benzene rings is 1. The molecule has 0 aliphatic rings. The Bertz CT molecular complexity index is 478. The van der Waals surface area contributed by atoms with Crippen LogP contribution in [0.4, 0.5) is 10.5 Å². The van der Waals surface area contributed by atoms with Crippen LogP contribution in [0.2, 0.25) is 0 Å². The molecule has 0 unspecified atom stereocenters. The number of nitrogens with one attached hydrogen (secondary N) is 2. The minimum absolute atomic E-state index is 0.517. The maximum Gasteiger partial charge on any atom is 0.326 e. The van der Waals surface area contributed by atoms with E-state index >= 15 is 0 Å². The number of para-hydroxylation sites is 1. The smallest absolute Gasteiger partial charge is 0.326 e. The summed E-state index contributed by atoms with van der Waals surface area (Å²) >= 11 is 0. The van der Waals surface area contributed by atoms with Crippen molar-refractivity contribution in [3.05, 3.63) is 29.8 Å². The molecule has 0 saturated carbocycles. The van der Waals surface area contributed by atoms with E-state index in [-0.39, 0.29) is 0 Å². The lowest BCUT2D eigenvalue weighted by Crippen LogP contribution is -2.50. The SMILES string of the molecule is Cc1ccccc1NC(=O)N[C@H](C(=O)O)C(C)(C)C. The number of anilines is 1. The van der Waals surface area contributed by atoms with Gasteiger partial charge >= 0.3 is 12.0 Å². The number of aliphatic carboxylic acids is 1. The van der Waals surface area contributed by atoms with Crippen LogP contribution in [0.15, 0.2) is 24.3 Å². The maximum absolute atomic E-state index is 11.8. The van der Waals surface area contributed by atoms with Crippen molar-refractivity contribution in [1.29, 1.82) is 0 Å². The van der Waals surface area contributed by atoms with Gasteiger partial charge in [0.1, 0.15) is 6.04 Å². The van der Waals surface area contributed by atoms with Gasteiger partial charge in [-0.15, -0.1) is 0 Å². The summed E-state index contributed by atoms with van der Waals surface area (Å²) in [5.41, 5.74) is 1.02. The molecule has 0 radical (unpaired) electrons. The van der Waals surface area contributed by atoms with Crippen LogP contribution >= 0.6 is 0 Å². The summed E-state index contributed by atoms with van der Waals surface area (Å²) in [6, 6.07) is 5.85. The fraction of sp³-hybridized carbons (Fsp3) is 0.429. The summed E-state index contributed by atoms with van der Waals surface area (Å²) in [5.74, 6) is -1.05. The van der Waals surface area contributed by atoms with Crippen LogP contribution in [-0.4, -0.2) is 23.1 Å². The highest BCUT2D eigenvalue weighted by Crippen LogP contribution is 2.20. The quantitative estimate of drug-likeness (QED) is 0.785. The summed E-state index contributed by atoms with van der Waals surface area (Å²) in [5, 5.41) is 14.3. The first kappa shape index (κ1) is 15.0. The molecule has 1 rings (SSSR count). The Kier molecular flexibility index (Phi) is 4.53. The summed E-state index contributed by atoms with van der Waals surface area (Å²) in [7, 11) is 0. The molecule has 0 aliphatic heterocycles. The number of amides is 2. The number of hydrogen-bond acceptors (Lipinski definition) is 2. The molecule has 5 heteroatoms. The number of aryl methyl sites for hydroxylation is 1. The molecule has 1 aromatic carbocycles. The molecule has 0 saturated heterocycles. The van der Waals surface area contributed by atoms with E-state index in [2.05, 4.69) is 10.6 Å². The topological polar surface area (TPSA) is 78.4 Å². The van der Waals surface area contributed by atoms with Crippen molar-refractivity contribution < 1.29 is 14.7 Å². The van der Waals surface area contributed by atoms with E-state index in [1.807, 2.05) is 19.1 Å². The first-order valence-corrected chi connectivity index (χ1v) is 6.08. The predicted molar refractivity (Wildman–Crippen MR) is 74.2 cm³/mol. The number of urea groups is 1. The largest absolute Gasteiger partial charge is 0.480 e. The van der Waals surface area contributed by atoms with E-state index in [1.165, 1.54) is 0 Å².